The fourth-order valence-electron chi connectivity index (χ4n) is 0.770. The van der Waals surface area contributed by atoms with Crippen LogP contribution in [0.5, 0.6) is 0 Å². The van der Waals surface area contributed by atoms with Gasteiger partial charge in [-0.1, -0.05) is 87.6 Å². The molecule has 2 rings (SSSR count). The molecule has 0 saturated heterocycles. The van der Waals surface area contributed by atoms with Crippen molar-refractivity contribution in [3.05, 3.63) is 72.8 Å². The highest BCUT2D eigenvalue weighted by Crippen LogP contribution is 1.80. The van der Waals surface area contributed by atoms with Crippen LogP contribution in [0.4, 0.5) is 0 Å². The first-order valence-electron chi connectivity index (χ1n) is 4.00. The quantitative estimate of drug-likeness (QED) is 0.469. The lowest BCUT2D eigenvalue weighted by atomic mass is 10.4. The van der Waals surface area contributed by atoms with Crippen molar-refractivity contribution in [2.75, 3.05) is 0 Å². The summed E-state index contributed by atoms with van der Waals surface area (Å²) in [7, 11) is 0. The zero-order valence-corrected chi connectivity index (χ0v) is 9.63. The van der Waals surface area contributed by atoms with Gasteiger partial charge in [0.1, 0.15) is 0 Å². The van der Waals surface area contributed by atoms with E-state index in [4.69, 9.17) is 0 Å². The van der Waals surface area contributed by atoms with Crippen LogP contribution in [-0.4, -0.2) is 8.41 Å². The Kier molecular flexibility index (Phi) is 29.6. The van der Waals surface area contributed by atoms with E-state index in [1.54, 1.807) is 0 Å². The third-order valence-corrected chi connectivity index (χ3v) is 1.33. The highest BCUT2D eigenvalue weighted by Gasteiger charge is 1.58. The topological polar surface area (TPSA) is 0 Å². The van der Waals surface area contributed by atoms with Crippen molar-refractivity contribution >= 4 is 18.3 Å². The molecule has 0 saturated carbocycles. The van der Waals surface area contributed by atoms with Gasteiger partial charge < -0.3 is 0 Å². The molecule has 2 aromatic rings. The monoisotopic (exact) mass is 233 g/mol. The number of hydrogen-bond acceptors (Lipinski definition) is 0. The molecular formula is C14H23BP. The van der Waals surface area contributed by atoms with Crippen molar-refractivity contribution in [2.45, 2.75) is 14.9 Å². The summed E-state index contributed by atoms with van der Waals surface area (Å²) in [5.74, 6) is 0. The summed E-state index contributed by atoms with van der Waals surface area (Å²) in [6.07, 6.45) is 0. The molecule has 0 bridgehead atoms. The normalized spacial score (nSPS) is 6.00. The molecule has 16 heavy (non-hydrogen) atoms. The largest absolute Gasteiger partial charge is 0.153 e. The average molecular weight is 233 g/mol. The van der Waals surface area contributed by atoms with Gasteiger partial charge in [0.05, 0.1) is 0 Å². The molecule has 0 aliphatic rings. The fraction of sp³-hybridized carbons (Fsp3) is 0.143. The van der Waals surface area contributed by atoms with E-state index < -0.39 is 0 Å². The van der Waals surface area contributed by atoms with E-state index in [1.165, 1.54) is 0 Å². The van der Waals surface area contributed by atoms with Crippen LogP contribution in [0.1, 0.15) is 14.9 Å². The van der Waals surface area contributed by atoms with Gasteiger partial charge in [-0.25, -0.2) is 0 Å². The number of benzene rings is 2. The van der Waals surface area contributed by atoms with Crippen molar-refractivity contribution in [1.29, 1.82) is 0 Å². The van der Waals surface area contributed by atoms with Gasteiger partial charge in [-0.15, -0.1) is 0 Å². The Hall–Kier alpha value is -1.07. The van der Waals surface area contributed by atoms with E-state index in [0.717, 1.165) is 0 Å². The lowest BCUT2D eigenvalue weighted by Gasteiger charge is -1.69. The lowest BCUT2D eigenvalue weighted by Crippen LogP contribution is -1.47. The van der Waals surface area contributed by atoms with Crippen LogP contribution >= 0.6 is 9.90 Å². The molecule has 0 aliphatic carbocycles. The summed E-state index contributed by atoms with van der Waals surface area (Å²) >= 11 is 0. The van der Waals surface area contributed by atoms with Crippen molar-refractivity contribution < 1.29 is 0 Å². The molecular weight excluding hydrogens is 210 g/mol. The van der Waals surface area contributed by atoms with Crippen LogP contribution < -0.4 is 0 Å². The van der Waals surface area contributed by atoms with Crippen LogP contribution in [0.25, 0.3) is 0 Å². The van der Waals surface area contributed by atoms with Crippen molar-refractivity contribution in [3.8, 4) is 0 Å². The third kappa shape index (κ3) is 15.4. The molecule has 3 radical (unpaired) electrons. The lowest BCUT2D eigenvalue weighted by molar-refractivity contribution is 1.72. The van der Waals surface area contributed by atoms with Crippen LogP contribution in [0.15, 0.2) is 72.8 Å². The van der Waals surface area contributed by atoms with E-state index in [9.17, 15) is 0 Å². The van der Waals surface area contributed by atoms with Gasteiger partial charge in [0.15, 0.2) is 0 Å². The van der Waals surface area contributed by atoms with Crippen LogP contribution in [0.2, 0.25) is 0 Å². The molecule has 0 heterocycles. The van der Waals surface area contributed by atoms with Crippen molar-refractivity contribution in [3.63, 3.8) is 0 Å². The Morgan fingerprint density at radius 2 is 0.375 bits per heavy atom. The van der Waals surface area contributed by atoms with E-state index in [-0.39, 0.29) is 33.2 Å². The summed E-state index contributed by atoms with van der Waals surface area (Å²) in [5, 5.41) is 0. The molecule has 2 aromatic carbocycles. The summed E-state index contributed by atoms with van der Waals surface area (Å²) in [6, 6.07) is 24.0. The second kappa shape index (κ2) is 19.5. The van der Waals surface area contributed by atoms with Gasteiger partial charge >= 0.3 is 0 Å². The van der Waals surface area contributed by atoms with Gasteiger partial charge in [0, 0.05) is 8.41 Å². The summed E-state index contributed by atoms with van der Waals surface area (Å²) in [6.45, 7) is 0. The van der Waals surface area contributed by atoms with Gasteiger partial charge in [-0.05, 0) is 0 Å². The summed E-state index contributed by atoms with van der Waals surface area (Å²) in [5.41, 5.74) is 0. The van der Waals surface area contributed by atoms with Gasteiger partial charge in [0.25, 0.3) is 0 Å². The standard InChI is InChI=1S/2C6H6.2CH4.B.H3P/c2*1-2-4-6-5-3-1;;;;/h2*1-6H;2*1H4;;1H3. The Labute approximate surface area is 106 Å². The van der Waals surface area contributed by atoms with E-state index >= 15 is 0 Å². The summed E-state index contributed by atoms with van der Waals surface area (Å²) < 4.78 is 0. The first kappa shape index (κ1) is 24.3. The second-order valence-electron chi connectivity index (χ2n) is 2.31. The Bertz CT molecular complexity index is 186. The van der Waals surface area contributed by atoms with Gasteiger partial charge in [-0.2, -0.15) is 9.90 Å². The highest BCUT2D eigenvalue weighted by molar-refractivity contribution is 6.92. The maximum atomic E-state index is 2.00. The number of hydrogen-bond donors (Lipinski definition) is 0. The molecule has 0 nitrogen and oxygen atoms in total. The van der Waals surface area contributed by atoms with Gasteiger partial charge in [-0.3, -0.25) is 0 Å². The molecule has 2 heteroatoms. The zero-order valence-electron chi connectivity index (χ0n) is 8.21. The molecule has 0 aliphatic heterocycles. The molecule has 1 unspecified atom stereocenters. The van der Waals surface area contributed by atoms with Crippen LogP contribution in [-0.2, 0) is 0 Å². The first-order chi connectivity index (χ1) is 6.00. The Morgan fingerprint density at radius 1 is 0.312 bits per heavy atom. The average Bonchev–Trinajstić information content (AvgIpc) is 2.24. The Balaban J connectivity index is -0.0000000720. The van der Waals surface area contributed by atoms with Crippen molar-refractivity contribution in [2.24, 2.45) is 0 Å². The number of rotatable bonds is 0. The molecule has 0 fully saturated rings. The summed E-state index contributed by atoms with van der Waals surface area (Å²) in [4.78, 5) is 0. The van der Waals surface area contributed by atoms with Crippen LogP contribution in [0, 0.1) is 0 Å². The fourth-order valence-corrected chi connectivity index (χ4v) is 0.770. The maximum absolute atomic E-state index is 2.00. The minimum Gasteiger partial charge on any atom is -0.153 e. The van der Waals surface area contributed by atoms with Crippen molar-refractivity contribution in [1.82, 2.24) is 0 Å². The predicted molar refractivity (Wildman–Crippen MR) is 83.2 cm³/mol. The highest BCUT2D eigenvalue weighted by atomic mass is 31.0. The zero-order chi connectivity index (χ0) is 8.49. The first-order valence-corrected chi connectivity index (χ1v) is 4.00. The SMILES string of the molecule is C.C.P.[B].c1ccccc1.c1ccccc1. The molecule has 1 atom stereocenters. The Morgan fingerprint density at radius 3 is 0.438 bits per heavy atom. The molecule has 87 valence electrons. The predicted octanol–water partition coefficient (Wildman–Crippen LogP) is 4.32. The minimum absolute atomic E-state index is 0. The van der Waals surface area contributed by atoms with E-state index in [0.29, 0.717) is 0 Å². The van der Waals surface area contributed by atoms with E-state index in [2.05, 4.69) is 0 Å². The smallest absolute Gasteiger partial charge is 0 e. The van der Waals surface area contributed by atoms with E-state index in [1.807, 2.05) is 72.8 Å². The molecule has 0 aromatic heterocycles. The molecule has 0 N–H and O–H groups in total. The minimum atomic E-state index is 0. The van der Waals surface area contributed by atoms with Crippen LogP contribution in [0.3, 0.4) is 0 Å². The van der Waals surface area contributed by atoms with Gasteiger partial charge in [0.2, 0.25) is 0 Å². The molecule has 0 amide bonds. The second-order valence-corrected chi connectivity index (χ2v) is 2.31. The molecule has 0 spiro atoms. The third-order valence-electron chi connectivity index (χ3n) is 1.33. The maximum Gasteiger partial charge on any atom is 0 e.